The van der Waals surface area contributed by atoms with Crippen molar-refractivity contribution >= 4 is 40.1 Å². The number of nitrogens with one attached hydrogen (secondary N) is 3. The number of ether oxygens (including phenoxy) is 2. The lowest BCUT2D eigenvalue weighted by molar-refractivity contribution is -0.390. The minimum Gasteiger partial charge on any atom is -0.444 e. The molecule has 1 atom stereocenters. The van der Waals surface area contributed by atoms with Crippen molar-refractivity contribution in [2.75, 3.05) is 23.8 Å². The van der Waals surface area contributed by atoms with Gasteiger partial charge in [-0.25, -0.2) is 9.78 Å². The topological polar surface area (TPSA) is 121 Å². The van der Waals surface area contributed by atoms with Crippen molar-refractivity contribution in [1.29, 1.82) is 0 Å². The number of amides is 2. The maximum atomic E-state index is 14.5. The minimum atomic E-state index is -5.94. The Labute approximate surface area is 270 Å². The lowest BCUT2D eigenvalue weighted by Gasteiger charge is -2.39. The van der Waals surface area contributed by atoms with Gasteiger partial charge in [0.05, 0.1) is 29.9 Å². The Morgan fingerprint density at radius 2 is 1.67 bits per heavy atom. The molecule has 3 heterocycles. The van der Waals surface area contributed by atoms with Gasteiger partial charge in [-0.15, -0.1) is 0 Å². The lowest BCUT2D eigenvalue weighted by Crippen LogP contribution is -2.57. The van der Waals surface area contributed by atoms with E-state index in [4.69, 9.17) is 9.47 Å². The average Bonchev–Trinajstić information content (AvgIpc) is 3.66. The second-order valence-corrected chi connectivity index (χ2v) is 12.2. The summed E-state index contributed by atoms with van der Waals surface area (Å²) in [5, 5.41) is 13.1. The van der Waals surface area contributed by atoms with E-state index < -0.39 is 53.8 Å². The first-order chi connectivity index (χ1) is 22.5. The zero-order valence-corrected chi connectivity index (χ0v) is 26.0. The molecular weight excluding hydrogens is 646 g/mol. The fraction of sp³-hybridized carbons (Fsp3) is 0.375. The molecule has 0 bridgehead atoms. The predicted molar refractivity (Wildman–Crippen MR) is 164 cm³/mol. The fourth-order valence-electron chi connectivity index (χ4n) is 5.35. The first-order valence-electron chi connectivity index (χ1n) is 14.8. The van der Waals surface area contributed by atoms with Crippen molar-refractivity contribution < 1.29 is 45.4 Å². The van der Waals surface area contributed by atoms with Crippen LogP contribution in [0.25, 0.3) is 10.9 Å². The highest BCUT2D eigenvalue weighted by Gasteiger charge is 2.73. The summed E-state index contributed by atoms with van der Waals surface area (Å²) < 4.78 is 97.0. The van der Waals surface area contributed by atoms with Crippen molar-refractivity contribution in [2.45, 2.75) is 63.2 Å². The van der Waals surface area contributed by atoms with Gasteiger partial charge in [-0.3, -0.25) is 9.89 Å². The van der Waals surface area contributed by atoms with Crippen molar-refractivity contribution in [3.8, 4) is 0 Å². The monoisotopic (exact) mass is 678 g/mol. The maximum Gasteiger partial charge on any atom is 0.430 e. The number of carbonyl (C=O) groups is 2. The normalized spacial score (nSPS) is 15.9. The first kappa shape index (κ1) is 34.5. The van der Waals surface area contributed by atoms with Crippen LogP contribution in [-0.4, -0.2) is 69.2 Å². The Kier molecular flexibility index (Phi) is 9.32. The summed E-state index contributed by atoms with van der Waals surface area (Å²) in [5.41, 5.74) is -5.62. The molecule has 0 saturated carbocycles. The quantitative estimate of drug-likeness (QED) is 0.163. The maximum absolute atomic E-state index is 14.5. The van der Waals surface area contributed by atoms with Crippen molar-refractivity contribution in [3.63, 3.8) is 0 Å². The Morgan fingerprint density at radius 3 is 2.33 bits per heavy atom. The van der Waals surface area contributed by atoms with E-state index in [9.17, 15) is 35.9 Å². The molecule has 16 heteroatoms. The molecule has 0 spiro atoms. The summed E-state index contributed by atoms with van der Waals surface area (Å²) in [6, 6.07) is 10.2. The minimum absolute atomic E-state index is 0.0562. The van der Waals surface area contributed by atoms with Crippen LogP contribution in [0, 0.1) is 0 Å². The zero-order valence-electron chi connectivity index (χ0n) is 26.0. The van der Waals surface area contributed by atoms with E-state index in [0.29, 0.717) is 24.2 Å². The summed E-state index contributed by atoms with van der Waals surface area (Å²) in [7, 11) is 0. The SMILES string of the molecule is CC(C)(C)OC(=O)N1CCC[C@H]1COC(c1ccc(NC(=O)c2cccnc2Nc2ccc3cn[nH]c3c2)cc1)(C(F)(F)F)C(F)(F)F. The number of halogens is 6. The van der Waals surface area contributed by atoms with Crippen LogP contribution in [0.4, 0.5) is 48.3 Å². The van der Waals surface area contributed by atoms with E-state index in [1.54, 1.807) is 45.2 Å². The van der Waals surface area contributed by atoms with Crippen LogP contribution >= 0.6 is 0 Å². The number of fused-ring (bicyclic) bond motifs is 1. The lowest BCUT2D eigenvalue weighted by atomic mass is 9.91. The van der Waals surface area contributed by atoms with Gasteiger partial charge in [-0.2, -0.15) is 31.4 Å². The first-order valence-corrected chi connectivity index (χ1v) is 14.8. The van der Waals surface area contributed by atoms with Gasteiger partial charge in [-0.05, 0) is 76.1 Å². The van der Waals surface area contributed by atoms with Gasteiger partial charge in [0.2, 0.25) is 0 Å². The standard InChI is InChI=1S/C32H32F6N6O4/c1-29(2,3)48-28(46)44-15-5-6-23(44)18-47-30(31(33,34)35,32(36,37)38)20-9-12-21(13-10-20)42-27(45)24-7-4-14-39-26(24)41-22-11-8-19-17-40-43-25(19)16-22/h4,7-14,16-17,23H,5-6,15,18H2,1-3H3,(H,39,41)(H,40,43)(H,42,45)/t23-/m0/s1. The third-order valence-electron chi connectivity index (χ3n) is 7.60. The van der Waals surface area contributed by atoms with Gasteiger partial charge < -0.3 is 25.0 Å². The van der Waals surface area contributed by atoms with Crippen molar-refractivity contribution in [1.82, 2.24) is 20.1 Å². The molecule has 5 rings (SSSR count). The molecule has 3 N–H and O–H groups in total. The molecule has 0 aliphatic carbocycles. The number of carbonyl (C=O) groups excluding carboxylic acids is 2. The third-order valence-corrected chi connectivity index (χ3v) is 7.60. The van der Waals surface area contributed by atoms with Crippen molar-refractivity contribution in [2.24, 2.45) is 0 Å². The molecule has 2 aromatic heterocycles. The number of pyridine rings is 1. The van der Waals surface area contributed by atoms with E-state index in [2.05, 4.69) is 25.8 Å². The van der Waals surface area contributed by atoms with Gasteiger partial charge in [-0.1, -0.05) is 12.1 Å². The van der Waals surface area contributed by atoms with E-state index in [-0.39, 0.29) is 30.0 Å². The number of alkyl halides is 6. The van der Waals surface area contributed by atoms with E-state index >= 15 is 0 Å². The summed E-state index contributed by atoms with van der Waals surface area (Å²) in [6.45, 7) is 3.81. The number of likely N-dealkylation sites (tertiary alicyclic amines) is 1. The molecule has 2 aromatic carbocycles. The molecule has 4 aromatic rings. The van der Waals surface area contributed by atoms with Crippen LogP contribution in [0.5, 0.6) is 0 Å². The Balaban J connectivity index is 1.36. The van der Waals surface area contributed by atoms with Gasteiger partial charge >= 0.3 is 18.4 Å². The van der Waals surface area contributed by atoms with Gasteiger partial charge in [0.1, 0.15) is 11.4 Å². The van der Waals surface area contributed by atoms with Crippen molar-refractivity contribution in [3.05, 3.63) is 78.1 Å². The Bertz CT molecular complexity index is 1750. The number of H-pyrrole nitrogens is 1. The smallest absolute Gasteiger partial charge is 0.430 e. The second kappa shape index (κ2) is 13.0. The second-order valence-electron chi connectivity index (χ2n) is 12.2. The number of hydrogen-bond donors (Lipinski definition) is 3. The van der Waals surface area contributed by atoms with Crippen LogP contribution in [0.3, 0.4) is 0 Å². The molecule has 1 saturated heterocycles. The molecular formula is C32H32F6N6O4. The van der Waals surface area contributed by atoms with E-state index in [0.717, 1.165) is 27.9 Å². The predicted octanol–water partition coefficient (Wildman–Crippen LogP) is 7.69. The number of aromatic amines is 1. The van der Waals surface area contributed by atoms with Crippen LogP contribution in [0.15, 0.2) is 67.0 Å². The highest BCUT2D eigenvalue weighted by atomic mass is 19.4. The summed E-state index contributed by atoms with van der Waals surface area (Å²) in [6.07, 6.45) is -9.20. The molecule has 256 valence electrons. The van der Waals surface area contributed by atoms with E-state index in [1.807, 2.05) is 0 Å². The largest absolute Gasteiger partial charge is 0.444 e. The number of anilines is 3. The molecule has 48 heavy (non-hydrogen) atoms. The van der Waals surface area contributed by atoms with Gasteiger partial charge in [0.25, 0.3) is 11.5 Å². The number of benzene rings is 2. The molecule has 0 unspecified atom stereocenters. The summed E-state index contributed by atoms with van der Waals surface area (Å²) in [5.74, 6) is -0.571. The highest BCUT2D eigenvalue weighted by molar-refractivity contribution is 6.07. The van der Waals surface area contributed by atoms with Crippen LogP contribution < -0.4 is 10.6 Å². The zero-order chi connectivity index (χ0) is 34.9. The number of aromatic nitrogens is 3. The Hall–Kier alpha value is -4.86. The summed E-state index contributed by atoms with van der Waals surface area (Å²) in [4.78, 5) is 31.1. The Morgan fingerprint density at radius 1 is 0.979 bits per heavy atom. The molecule has 1 aliphatic heterocycles. The van der Waals surface area contributed by atoms with E-state index in [1.165, 1.54) is 18.3 Å². The van der Waals surface area contributed by atoms with Gasteiger partial charge in [0.15, 0.2) is 0 Å². The molecule has 1 aliphatic rings. The van der Waals surface area contributed by atoms with Gasteiger partial charge in [0, 0.05) is 35.1 Å². The highest BCUT2D eigenvalue weighted by Crippen LogP contribution is 2.53. The molecule has 1 fully saturated rings. The average molecular weight is 679 g/mol. The number of nitrogens with zero attached hydrogens (tertiary/aromatic N) is 3. The van der Waals surface area contributed by atoms with Crippen LogP contribution in [0.2, 0.25) is 0 Å². The summed E-state index contributed by atoms with van der Waals surface area (Å²) >= 11 is 0. The molecule has 10 nitrogen and oxygen atoms in total. The van der Waals surface area contributed by atoms with Crippen LogP contribution in [0.1, 0.15) is 49.5 Å². The molecule has 0 radical (unpaired) electrons. The molecule has 2 amide bonds. The fourth-order valence-corrected chi connectivity index (χ4v) is 5.35. The number of hydrogen-bond acceptors (Lipinski definition) is 7. The third kappa shape index (κ3) is 7.17. The van der Waals surface area contributed by atoms with Crippen LogP contribution in [-0.2, 0) is 15.1 Å². The number of rotatable bonds is 8.